The summed E-state index contributed by atoms with van der Waals surface area (Å²) >= 11 is 0. The van der Waals surface area contributed by atoms with Crippen molar-refractivity contribution in [2.24, 2.45) is 0 Å². The number of aromatic nitrogens is 1. The van der Waals surface area contributed by atoms with Crippen molar-refractivity contribution in [3.63, 3.8) is 0 Å². The third kappa shape index (κ3) is 4.71. The Kier molecular flexibility index (Phi) is 6.04. The minimum absolute atomic E-state index is 0.0387. The average Bonchev–Trinajstić information content (AvgIpc) is 3.14. The van der Waals surface area contributed by atoms with E-state index in [1.165, 1.54) is 0 Å². The number of carboxylic acids is 1. The molecular weight excluding hydrogens is 332 g/mol. The van der Waals surface area contributed by atoms with E-state index in [9.17, 15) is 9.59 Å². The fourth-order valence-corrected chi connectivity index (χ4v) is 3.44. The van der Waals surface area contributed by atoms with Crippen molar-refractivity contribution in [3.8, 4) is 11.3 Å². The van der Waals surface area contributed by atoms with Crippen LogP contribution in [0.15, 0.2) is 40.9 Å². The number of amides is 1. The number of hydrogen-bond acceptors (Lipinski definition) is 4. The molecule has 1 atom stereocenters. The molecule has 2 aromatic rings. The number of carbonyl (C=O) groups excluding carboxylic acids is 1. The summed E-state index contributed by atoms with van der Waals surface area (Å²) < 4.78 is 5.75. The molecule has 0 bridgehead atoms. The van der Waals surface area contributed by atoms with Crippen LogP contribution in [-0.2, 0) is 16.0 Å². The quantitative estimate of drug-likeness (QED) is 0.820. The van der Waals surface area contributed by atoms with Crippen LogP contribution >= 0.6 is 0 Å². The first-order valence-electron chi connectivity index (χ1n) is 9.15. The molecule has 1 saturated heterocycles. The molecule has 1 amide bonds. The van der Waals surface area contributed by atoms with Crippen molar-refractivity contribution >= 4 is 11.9 Å². The van der Waals surface area contributed by atoms with Gasteiger partial charge in [0.15, 0.2) is 11.7 Å². The smallest absolute Gasteiger partial charge is 0.303 e. The number of aryl methyl sites for hydroxylation is 1. The minimum atomic E-state index is -0.809. The number of aliphatic carboxylic acids is 1. The van der Waals surface area contributed by atoms with Gasteiger partial charge in [-0.05, 0) is 25.7 Å². The van der Waals surface area contributed by atoms with Crippen LogP contribution in [0.25, 0.3) is 11.3 Å². The van der Waals surface area contributed by atoms with E-state index in [0.29, 0.717) is 37.5 Å². The summed E-state index contributed by atoms with van der Waals surface area (Å²) in [5.74, 6) is 0.498. The van der Waals surface area contributed by atoms with Crippen molar-refractivity contribution < 1.29 is 19.1 Å². The molecule has 6 nitrogen and oxygen atoms in total. The highest BCUT2D eigenvalue weighted by Crippen LogP contribution is 2.23. The maximum absolute atomic E-state index is 12.6. The molecule has 1 aromatic carbocycles. The van der Waals surface area contributed by atoms with E-state index in [-0.39, 0.29) is 18.4 Å². The van der Waals surface area contributed by atoms with Gasteiger partial charge in [-0.15, -0.1) is 0 Å². The molecule has 1 aliphatic heterocycles. The Morgan fingerprint density at radius 2 is 2.00 bits per heavy atom. The number of nitrogens with zero attached hydrogens (tertiary/aromatic N) is 2. The van der Waals surface area contributed by atoms with Crippen molar-refractivity contribution in [1.29, 1.82) is 0 Å². The number of rotatable bonds is 7. The van der Waals surface area contributed by atoms with Crippen LogP contribution in [0.5, 0.6) is 0 Å². The maximum atomic E-state index is 12.6. The first-order chi connectivity index (χ1) is 12.6. The third-order valence-corrected chi connectivity index (χ3v) is 4.80. The van der Waals surface area contributed by atoms with Gasteiger partial charge in [-0.2, -0.15) is 0 Å². The topological polar surface area (TPSA) is 83.6 Å². The van der Waals surface area contributed by atoms with Crippen LogP contribution in [0.1, 0.15) is 44.4 Å². The van der Waals surface area contributed by atoms with Gasteiger partial charge in [-0.1, -0.05) is 30.3 Å². The van der Waals surface area contributed by atoms with Crippen LogP contribution in [0.3, 0.4) is 0 Å². The Balaban J connectivity index is 1.56. The van der Waals surface area contributed by atoms with Gasteiger partial charge in [-0.25, -0.2) is 4.98 Å². The zero-order valence-corrected chi connectivity index (χ0v) is 14.8. The number of hydrogen-bond donors (Lipinski definition) is 1. The van der Waals surface area contributed by atoms with E-state index in [1.807, 2.05) is 35.2 Å². The van der Waals surface area contributed by atoms with Crippen LogP contribution in [0, 0.1) is 0 Å². The molecule has 1 aliphatic rings. The molecule has 6 heteroatoms. The normalized spacial score (nSPS) is 17.2. The van der Waals surface area contributed by atoms with Gasteiger partial charge < -0.3 is 14.4 Å². The first-order valence-corrected chi connectivity index (χ1v) is 9.15. The van der Waals surface area contributed by atoms with Gasteiger partial charge in [0.25, 0.3) is 0 Å². The fourth-order valence-electron chi connectivity index (χ4n) is 3.44. The SMILES string of the molecule is O=C(O)CCC1CCCCN1C(=O)CCc1ncc(-c2ccccc2)o1. The Morgan fingerprint density at radius 3 is 2.77 bits per heavy atom. The van der Waals surface area contributed by atoms with Crippen LogP contribution in [-0.4, -0.2) is 39.5 Å². The second-order valence-corrected chi connectivity index (χ2v) is 6.65. The monoisotopic (exact) mass is 356 g/mol. The first kappa shape index (κ1) is 18.2. The summed E-state index contributed by atoms with van der Waals surface area (Å²) in [5.41, 5.74) is 0.961. The fraction of sp³-hybridized carbons (Fsp3) is 0.450. The van der Waals surface area contributed by atoms with E-state index in [0.717, 1.165) is 24.8 Å². The van der Waals surface area contributed by atoms with Crippen LogP contribution in [0.2, 0.25) is 0 Å². The van der Waals surface area contributed by atoms with Gasteiger partial charge in [-0.3, -0.25) is 9.59 Å². The molecule has 0 saturated carbocycles. The molecule has 1 fully saturated rings. The van der Waals surface area contributed by atoms with E-state index in [2.05, 4.69) is 4.98 Å². The molecule has 138 valence electrons. The number of oxazole rings is 1. The summed E-state index contributed by atoms with van der Waals surface area (Å²) in [4.78, 5) is 29.6. The highest BCUT2D eigenvalue weighted by atomic mass is 16.4. The molecule has 0 aliphatic carbocycles. The van der Waals surface area contributed by atoms with Gasteiger partial charge in [0.1, 0.15) is 0 Å². The van der Waals surface area contributed by atoms with Gasteiger partial charge in [0.05, 0.1) is 6.20 Å². The number of carboxylic acid groups (broad SMARTS) is 1. The van der Waals surface area contributed by atoms with Crippen molar-refractivity contribution in [2.45, 2.75) is 51.0 Å². The molecule has 0 spiro atoms. The zero-order valence-electron chi connectivity index (χ0n) is 14.8. The number of benzene rings is 1. The van der Waals surface area contributed by atoms with E-state index >= 15 is 0 Å². The molecule has 2 heterocycles. The largest absolute Gasteiger partial charge is 0.481 e. The number of likely N-dealkylation sites (tertiary alicyclic amines) is 1. The molecule has 1 N–H and O–H groups in total. The summed E-state index contributed by atoms with van der Waals surface area (Å²) in [6.07, 6.45) is 6.02. The second-order valence-electron chi connectivity index (χ2n) is 6.65. The lowest BCUT2D eigenvalue weighted by molar-refractivity contribution is -0.140. The van der Waals surface area contributed by atoms with Crippen molar-refractivity contribution in [3.05, 3.63) is 42.4 Å². The highest BCUT2D eigenvalue weighted by Gasteiger charge is 2.27. The van der Waals surface area contributed by atoms with E-state index in [1.54, 1.807) is 6.20 Å². The summed E-state index contributed by atoms with van der Waals surface area (Å²) in [7, 11) is 0. The predicted octanol–water partition coefficient (Wildman–Crippen LogP) is 3.52. The van der Waals surface area contributed by atoms with Crippen LogP contribution in [0.4, 0.5) is 0 Å². The number of carbonyl (C=O) groups is 2. The highest BCUT2D eigenvalue weighted by molar-refractivity contribution is 5.77. The molecular formula is C20H24N2O4. The maximum Gasteiger partial charge on any atom is 0.303 e. The Morgan fingerprint density at radius 1 is 1.19 bits per heavy atom. The molecule has 0 radical (unpaired) electrons. The van der Waals surface area contributed by atoms with Crippen molar-refractivity contribution in [1.82, 2.24) is 9.88 Å². The minimum Gasteiger partial charge on any atom is -0.481 e. The lowest BCUT2D eigenvalue weighted by Gasteiger charge is -2.35. The Hall–Kier alpha value is -2.63. The average molecular weight is 356 g/mol. The lowest BCUT2D eigenvalue weighted by Crippen LogP contribution is -2.44. The Bertz CT molecular complexity index is 741. The summed E-state index contributed by atoms with van der Waals surface area (Å²) in [6, 6.07) is 9.77. The predicted molar refractivity (Wildman–Crippen MR) is 96.5 cm³/mol. The lowest BCUT2D eigenvalue weighted by atomic mass is 9.97. The molecule has 3 rings (SSSR count). The summed E-state index contributed by atoms with van der Waals surface area (Å²) in [5, 5.41) is 8.89. The van der Waals surface area contributed by atoms with Gasteiger partial charge in [0, 0.05) is 37.4 Å². The van der Waals surface area contributed by atoms with E-state index < -0.39 is 5.97 Å². The van der Waals surface area contributed by atoms with Gasteiger partial charge in [0.2, 0.25) is 5.91 Å². The van der Waals surface area contributed by atoms with Crippen LogP contribution < -0.4 is 0 Å². The van der Waals surface area contributed by atoms with Crippen molar-refractivity contribution in [2.75, 3.05) is 6.54 Å². The second kappa shape index (κ2) is 8.65. The standard InChI is InChI=1S/C20H24N2O4/c23-19(22-13-5-4-8-16(22)9-12-20(24)25)11-10-18-21-14-17(26-18)15-6-2-1-3-7-15/h1-3,6-7,14,16H,4-5,8-13H2,(H,24,25). The summed E-state index contributed by atoms with van der Waals surface area (Å²) in [6.45, 7) is 0.712. The number of piperidine rings is 1. The molecule has 26 heavy (non-hydrogen) atoms. The van der Waals surface area contributed by atoms with Gasteiger partial charge >= 0.3 is 5.97 Å². The third-order valence-electron chi connectivity index (χ3n) is 4.80. The molecule has 1 aromatic heterocycles. The van der Waals surface area contributed by atoms with E-state index in [4.69, 9.17) is 9.52 Å². The molecule has 1 unspecified atom stereocenters. The Labute approximate surface area is 152 Å². The zero-order chi connectivity index (χ0) is 18.4.